The zero-order valence-electron chi connectivity index (χ0n) is 20.9. The van der Waals surface area contributed by atoms with Gasteiger partial charge in [-0.2, -0.15) is 0 Å². The fraction of sp³-hybridized carbons (Fsp3) is 0.440. The number of rotatable bonds is 9. The Kier molecular flexibility index (Phi) is 9.62. The lowest BCUT2D eigenvalue weighted by Crippen LogP contribution is -2.55. The van der Waals surface area contributed by atoms with Gasteiger partial charge in [0, 0.05) is 22.1 Å². The van der Waals surface area contributed by atoms with Crippen LogP contribution in [0, 0.1) is 6.92 Å². The number of hydrogen-bond acceptors (Lipinski definition) is 4. The van der Waals surface area contributed by atoms with Crippen LogP contribution in [-0.4, -0.2) is 49.5 Å². The number of amides is 2. The predicted molar refractivity (Wildman–Crippen MR) is 142 cm³/mol. The first-order valence-corrected chi connectivity index (χ1v) is 13.8. The van der Waals surface area contributed by atoms with Crippen molar-refractivity contribution >= 4 is 50.7 Å². The van der Waals surface area contributed by atoms with Crippen LogP contribution in [0.1, 0.15) is 45.2 Å². The summed E-state index contributed by atoms with van der Waals surface area (Å²) in [6.45, 7) is 8.59. The molecule has 0 fully saturated rings. The average molecular weight is 543 g/mol. The Hall–Kier alpha value is -2.29. The van der Waals surface area contributed by atoms with Crippen LogP contribution in [0.2, 0.25) is 10.0 Å². The van der Waals surface area contributed by atoms with Gasteiger partial charge in [-0.3, -0.25) is 13.9 Å². The molecule has 0 aliphatic heterocycles. The van der Waals surface area contributed by atoms with Gasteiger partial charge in [-0.1, -0.05) is 54.4 Å². The Morgan fingerprint density at radius 2 is 1.63 bits per heavy atom. The van der Waals surface area contributed by atoms with Gasteiger partial charge in [-0.25, -0.2) is 8.42 Å². The van der Waals surface area contributed by atoms with Crippen molar-refractivity contribution in [2.75, 3.05) is 17.1 Å². The summed E-state index contributed by atoms with van der Waals surface area (Å²) < 4.78 is 26.5. The SMILES string of the molecule is CC[C@H](C(=O)NC(C)(C)C)N(Cc1ccccc1Cl)C(=O)CN(c1cccc(Cl)c1C)S(C)(=O)=O. The van der Waals surface area contributed by atoms with Gasteiger partial charge in [0.2, 0.25) is 21.8 Å². The molecule has 35 heavy (non-hydrogen) atoms. The van der Waals surface area contributed by atoms with E-state index in [0.717, 1.165) is 10.6 Å². The second kappa shape index (κ2) is 11.6. The van der Waals surface area contributed by atoms with E-state index in [2.05, 4.69) is 5.32 Å². The molecule has 0 saturated heterocycles. The zero-order chi connectivity index (χ0) is 26.6. The Labute approximate surface area is 218 Å². The molecule has 192 valence electrons. The highest BCUT2D eigenvalue weighted by Gasteiger charge is 2.33. The fourth-order valence-electron chi connectivity index (χ4n) is 3.64. The van der Waals surface area contributed by atoms with Crippen LogP contribution >= 0.6 is 23.2 Å². The molecule has 2 rings (SSSR count). The number of nitrogens with zero attached hydrogens (tertiary/aromatic N) is 2. The summed E-state index contributed by atoms with van der Waals surface area (Å²) in [5, 5.41) is 3.75. The summed E-state index contributed by atoms with van der Waals surface area (Å²) in [5.41, 5.74) is 0.968. The lowest BCUT2D eigenvalue weighted by Gasteiger charge is -2.35. The zero-order valence-corrected chi connectivity index (χ0v) is 23.3. The van der Waals surface area contributed by atoms with E-state index in [-0.39, 0.29) is 12.5 Å². The van der Waals surface area contributed by atoms with Gasteiger partial charge in [-0.05, 0) is 63.4 Å². The van der Waals surface area contributed by atoms with Crippen molar-refractivity contribution in [1.29, 1.82) is 0 Å². The molecule has 0 radical (unpaired) electrons. The van der Waals surface area contributed by atoms with Crippen LogP contribution < -0.4 is 9.62 Å². The van der Waals surface area contributed by atoms with E-state index in [1.165, 1.54) is 4.90 Å². The average Bonchev–Trinajstić information content (AvgIpc) is 2.73. The molecule has 1 N–H and O–H groups in total. The van der Waals surface area contributed by atoms with Crippen molar-refractivity contribution in [2.45, 2.75) is 59.2 Å². The number of hydrogen-bond donors (Lipinski definition) is 1. The van der Waals surface area contributed by atoms with Gasteiger partial charge in [0.15, 0.2) is 0 Å². The molecular weight excluding hydrogens is 509 g/mol. The highest BCUT2D eigenvalue weighted by Crippen LogP contribution is 2.29. The first-order chi connectivity index (χ1) is 16.2. The van der Waals surface area contributed by atoms with Gasteiger partial charge in [0.1, 0.15) is 12.6 Å². The maximum absolute atomic E-state index is 13.7. The molecule has 7 nitrogen and oxygen atoms in total. The van der Waals surface area contributed by atoms with Crippen molar-refractivity contribution in [3.63, 3.8) is 0 Å². The van der Waals surface area contributed by atoms with Crippen molar-refractivity contribution in [3.8, 4) is 0 Å². The van der Waals surface area contributed by atoms with Crippen LogP contribution in [0.25, 0.3) is 0 Å². The first kappa shape index (κ1) is 28.9. The summed E-state index contributed by atoms with van der Waals surface area (Å²) in [6, 6.07) is 11.1. The van der Waals surface area contributed by atoms with Crippen LogP contribution in [0.5, 0.6) is 0 Å². The molecule has 10 heteroatoms. The van der Waals surface area contributed by atoms with E-state index in [1.807, 2.05) is 20.8 Å². The molecule has 0 bridgehead atoms. The minimum absolute atomic E-state index is 0.0424. The molecule has 0 aliphatic rings. The van der Waals surface area contributed by atoms with E-state index in [9.17, 15) is 18.0 Å². The lowest BCUT2D eigenvalue weighted by atomic mass is 10.1. The summed E-state index contributed by atoms with van der Waals surface area (Å²) in [4.78, 5) is 28.3. The van der Waals surface area contributed by atoms with Crippen molar-refractivity contribution in [1.82, 2.24) is 10.2 Å². The van der Waals surface area contributed by atoms with Gasteiger partial charge in [0.05, 0.1) is 11.9 Å². The predicted octanol–water partition coefficient (Wildman–Crippen LogP) is 4.79. The van der Waals surface area contributed by atoms with Crippen molar-refractivity contribution in [2.24, 2.45) is 0 Å². The standard InChI is InChI=1S/C25H33Cl2N3O4S/c1-7-21(24(32)28-25(3,4)5)29(15-18-11-8-9-12-20(18)27)23(31)16-30(35(6,33)34)22-14-10-13-19(26)17(22)2/h8-14,21H,7,15-16H2,1-6H3,(H,28,32)/t21-/m1/s1. The lowest BCUT2D eigenvalue weighted by molar-refractivity contribution is -0.141. The van der Waals surface area contributed by atoms with E-state index >= 15 is 0 Å². The second-order valence-corrected chi connectivity index (χ2v) is 12.2. The van der Waals surface area contributed by atoms with Crippen LogP contribution in [0.3, 0.4) is 0 Å². The monoisotopic (exact) mass is 541 g/mol. The molecule has 0 aliphatic carbocycles. The van der Waals surface area contributed by atoms with E-state index in [1.54, 1.807) is 56.3 Å². The Morgan fingerprint density at radius 3 is 2.17 bits per heavy atom. The molecule has 2 aromatic rings. The maximum atomic E-state index is 13.7. The van der Waals surface area contributed by atoms with Crippen LogP contribution in [-0.2, 0) is 26.2 Å². The number of benzene rings is 2. The number of sulfonamides is 1. The molecule has 2 amide bonds. The minimum atomic E-state index is -3.85. The van der Waals surface area contributed by atoms with Crippen LogP contribution in [0.4, 0.5) is 5.69 Å². The summed E-state index contributed by atoms with van der Waals surface area (Å²) in [5.74, 6) is -0.865. The third-order valence-corrected chi connectivity index (χ3v) is 7.27. The highest BCUT2D eigenvalue weighted by atomic mass is 35.5. The molecule has 0 unspecified atom stereocenters. The number of carbonyl (C=O) groups is 2. The number of anilines is 1. The Balaban J connectivity index is 2.52. The topological polar surface area (TPSA) is 86.8 Å². The van der Waals surface area contributed by atoms with Gasteiger partial charge >= 0.3 is 0 Å². The smallest absolute Gasteiger partial charge is 0.244 e. The molecule has 0 spiro atoms. The summed E-state index contributed by atoms with van der Waals surface area (Å²) in [7, 11) is -3.85. The minimum Gasteiger partial charge on any atom is -0.350 e. The second-order valence-electron chi connectivity index (χ2n) is 9.43. The van der Waals surface area contributed by atoms with E-state index in [4.69, 9.17) is 23.2 Å². The third kappa shape index (κ3) is 7.85. The largest absolute Gasteiger partial charge is 0.350 e. The Morgan fingerprint density at radius 1 is 1.03 bits per heavy atom. The first-order valence-electron chi connectivity index (χ1n) is 11.2. The molecule has 2 aromatic carbocycles. The van der Waals surface area contributed by atoms with Gasteiger partial charge in [-0.15, -0.1) is 0 Å². The van der Waals surface area contributed by atoms with E-state index in [0.29, 0.717) is 33.3 Å². The van der Waals surface area contributed by atoms with Crippen molar-refractivity contribution in [3.05, 3.63) is 63.6 Å². The third-order valence-electron chi connectivity index (χ3n) is 5.37. The highest BCUT2D eigenvalue weighted by molar-refractivity contribution is 7.92. The quantitative estimate of drug-likeness (QED) is 0.494. The normalized spacial score (nSPS) is 12.7. The Bertz CT molecular complexity index is 1180. The van der Waals surface area contributed by atoms with Gasteiger partial charge < -0.3 is 10.2 Å². The maximum Gasteiger partial charge on any atom is 0.244 e. The summed E-state index contributed by atoms with van der Waals surface area (Å²) in [6.07, 6.45) is 1.36. The molecule has 1 atom stereocenters. The molecule has 0 saturated carbocycles. The van der Waals surface area contributed by atoms with Crippen LogP contribution in [0.15, 0.2) is 42.5 Å². The van der Waals surface area contributed by atoms with Gasteiger partial charge in [0.25, 0.3) is 0 Å². The molecule has 0 aromatic heterocycles. The summed E-state index contributed by atoms with van der Waals surface area (Å²) >= 11 is 12.6. The number of carbonyl (C=O) groups excluding carboxylic acids is 2. The fourth-order valence-corrected chi connectivity index (χ4v) is 4.91. The number of halogens is 2. The van der Waals surface area contributed by atoms with E-state index < -0.39 is 34.1 Å². The van der Waals surface area contributed by atoms with Crippen molar-refractivity contribution < 1.29 is 18.0 Å². The molecular formula is C25H33Cl2N3O4S. The molecule has 0 heterocycles. The number of nitrogens with one attached hydrogen (secondary N) is 1.